The second kappa shape index (κ2) is 6.59. The van der Waals surface area contributed by atoms with Gasteiger partial charge in [-0.15, -0.1) is 0 Å². The molecule has 2 aliphatic rings. The molecule has 1 N–H and O–H groups in total. The third-order valence-corrected chi connectivity index (χ3v) is 4.51. The summed E-state index contributed by atoms with van der Waals surface area (Å²) in [7, 11) is 0. The molecule has 1 saturated carbocycles. The van der Waals surface area contributed by atoms with Crippen LogP contribution >= 0.6 is 0 Å². The zero-order valence-electron chi connectivity index (χ0n) is 13.0. The minimum absolute atomic E-state index is 0.0469. The Morgan fingerprint density at radius 1 is 1.25 bits per heavy atom. The van der Waals surface area contributed by atoms with E-state index >= 15 is 0 Å². The molecule has 2 fully saturated rings. The molecule has 1 aliphatic heterocycles. The van der Waals surface area contributed by atoms with E-state index < -0.39 is 0 Å². The quantitative estimate of drug-likeness (QED) is 0.839. The fourth-order valence-electron chi connectivity index (χ4n) is 3.12. The van der Waals surface area contributed by atoms with Gasteiger partial charge in [0.2, 0.25) is 11.8 Å². The van der Waals surface area contributed by atoms with Crippen molar-refractivity contribution in [1.82, 2.24) is 10.2 Å². The molecule has 4 heteroatoms. The van der Waals surface area contributed by atoms with Gasteiger partial charge in [-0.3, -0.25) is 9.59 Å². The topological polar surface area (TPSA) is 49.4 Å². The van der Waals surface area contributed by atoms with Crippen LogP contribution in [0, 0.1) is 17.8 Å². The Morgan fingerprint density at radius 3 is 2.65 bits per heavy atom. The zero-order valence-corrected chi connectivity index (χ0v) is 13.0. The molecule has 2 rings (SSSR count). The van der Waals surface area contributed by atoms with Crippen LogP contribution in [0.1, 0.15) is 52.9 Å². The van der Waals surface area contributed by atoms with Gasteiger partial charge in [-0.25, -0.2) is 0 Å². The van der Waals surface area contributed by atoms with Gasteiger partial charge < -0.3 is 10.2 Å². The molecular formula is C16H28N2O2. The number of hydrogen-bond acceptors (Lipinski definition) is 2. The number of carbonyl (C=O) groups is 2. The molecule has 1 saturated heterocycles. The van der Waals surface area contributed by atoms with E-state index in [2.05, 4.69) is 26.1 Å². The molecule has 1 heterocycles. The minimum atomic E-state index is -0.0688. The predicted molar refractivity (Wildman–Crippen MR) is 79.1 cm³/mol. The van der Waals surface area contributed by atoms with Crippen molar-refractivity contribution in [2.45, 2.75) is 58.9 Å². The van der Waals surface area contributed by atoms with Crippen LogP contribution in [0.25, 0.3) is 0 Å². The summed E-state index contributed by atoms with van der Waals surface area (Å²) >= 11 is 0. The van der Waals surface area contributed by atoms with Gasteiger partial charge in [0.25, 0.3) is 0 Å². The average Bonchev–Trinajstić information content (AvgIpc) is 3.24. The highest BCUT2D eigenvalue weighted by molar-refractivity contribution is 5.92. The molecule has 3 unspecified atom stereocenters. The predicted octanol–water partition coefficient (Wildman–Crippen LogP) is 2.19. The van der Waals surface area contributed by atoms with Crippen molar-refractivity contribution in [1.29, 1.82) is 0 Å². The first-order valence-corrected chi connectivity index (χ1v) is 8.12. The molecule has 4 nitrogen and oxygen atoms in total. The van der Waals surface area contributed by atoms with Gasteiger partial charge in [-0.1, -0.05) is 20.8 Å². The van der Waals surface area contributed by atoms with Crippen molar-refractivity contribution in [2.24, 2.45) is 17.8 Å². The fraction of sp³-hybridized carbons (Fsp3) is 0.875. The molecule has 2 amide bonds. The lowest BCUT2D eigenvalue weighted by Gasteiger charge is -2.35. The van der Waals surface area contributed by atoms with Gasteiger partial charge in [0.15, 0.2) is 0 Å². The van der Waals surface area contributed by atoms with Crippen molar-refractivity contribution in [2.75, 3.05) is 13.1 Å². The first kappa shape index (κ1) is 15.3. The van der Waals surface area contributed by atoms with Crippen LogP contribution in [0.4, 0.5) is 0 Å². The molecule has 0 aromatic carbocycles. The van der Waals surface area contributed by atoms with Crippen molar-refractivity contribution < 1.29 is 9.59 Å². The van der Waals surface area contributed by atoms with E-state index in [9.17, 15) is 9.59 Å². The SMILES string of the molecule is CCC1CCCCN1C(=O)C1CC1C(=O)NCC(C)C. The van der Waals surface area contributed by atoms with E-state index in [4.69, 9.17) is 0 Å². The summed E-state index contributed by atoms with van der Waals surface area (Å²) in [5.74, 6) is 0.636. The van der Waals surface area contributed by atoms with Gasteiger partial charge in [0.1, 0.15) is 0 Å². The lowest BCUT2D eigenvalue weighted by molar-refractivity contribution is -0.138. The molecular weight excluding hydrogens is 252 g/mol. The second-order valence-electron chi connectivity index (χ2n) is 6.68. The Kier molecular flexibility index (Phi) is 5.06. The van der Waals surface area contributed by atoms with Crippen LogP contribution in [-0.4, -0.2) is 35.8 Å². The molecule has 114 valence electrons. The number of nitrogens with one attached hydrogen (secondary N) is 1. The Balaban J connectivity index is 1.84. The largest absolute Gasteiger partial charge is 0.356 e. The lowest BCUT2D eigenvalue weighted by Crippen LogP contribution is -2.44. The maximum Gasteiger partial charge on any atom is 0.226 e. The fourth-order valence-corrected chi connectivity index (χ4v) is 3.12. The molecule has 0 aromatic heterocycles. The number of carbonyl (C=O) groups excluding carboxylic acids is 2. The van der Waals surface area contributed by atoms with Crippen molar-refractivity contribution >= 4 is 11.8 Å². The Bertz CT molecular complexity index is 367. The minimum Gasteiger partial charge on any atom is -0.356 e. The maximum absolute atomic E-state index is 12.5. The van der Waals surface area contributed by atoms with Crippen LogP contribution in [0.3, 0.4) is 0 Å². The van der Waals surface area contributed by atoms with Crippen LogP contribution in [0.2, 0.25) is 0 Å². The lowest BCUT2D eigenvalue weighted by atomic mass is 9.99. The van der Waals surface area contributed by atoms with Crippen molar-refractivity contribution in [3.05, 3.63) is 0 Å². The molecule has 1 aliphatic carbocycles. The third-order valence-electron chi connectivity index (χ3n) is 4.51. The first-order valence-electron chi connectivity index (χ1n) is 8.12. The maximum atomic E-state index is 12.5. The number of piperidine rings is 1. The number of nitrogens with zero attached hydrogens (tertiary/aromatic N) is 1. The number of rotatable bonds is 5. The van der Waals surface area contributed by atoms with E-state index in [-0.39, 0.29) is 23.7 Å². The highest BCUT2D eigenvalue weighted by Crippen LogP contribution is 2.41. The van der Waals surface area contributed by atoms with E-state index in [0.717, 1.165) is 32.2 Å². The van der Waals surface area contributed by atoms with Gasteiger partial charge >= 0.3 is 0 Å². The van der Waals surface area contributed by atoms with Crippen LogP contribution in [0.15, 0.2) is 0 Å². The highest BCUT2D eigenvalue weighted by Gasteiger charge is 2.50. The van der Waals surface area contributed by atoms with Gasteiger partial charge in [-0.2, -0.15) is 0 Å². The number of hydrogen-bond donors (Lipinski definition) is 1. The molecule has 0 radical (unpaired) electrons. The van der Waals surface area contributed by atoms with Crippen LogP contribution in [-0.2, 0) is 9.59 Å². The molecule has 3 atom stereocenters. The smallest absolute Gasteiger partial charge is 0.226 e. The number of amides is 2. The van der Waals surface area contributed by atoms with E-state index in [1.165, 1.54) is 6.42 Å². The summed E-state index contributed by atoms with van der Waals surface area (Å²) in [5.41, 5.74) is 0. The summed E-state index contributed by atoms with van der Waals surface area (Å²) in [5, 5.41) is 2.95. The van der Waals surface area contributed by atoms with E-state index in [1.54, 1.807) is 0 Å². The van der Waals surface area contributed by atoms with Gasteiger partial charge in [-0.05, 0) is 38.0 Å². The third kappa shape index (κ3) is 3.53. The average molecular weight is 280 g/mol. The van der Waals surface area contributed by atoms with Crippen LogP contribution in [0.5, 0.6) is 0 Å². The van der Waals surface area contributed by atoms with E-state index in [1.807, 2.05) is 4.90 Å². The molecule has 0 spiro atoms. The van der Waals surface area contributed by atoms with Crippen molar-refractivity contribution in [3.63, 3.8) is 0 Å². The Labute approximate surface area is 122 Å². The molecule has 0 bridgehead atoms. The van der Waals surface area contributed by atoms with E-state index in [0.29, 0.717) is 18.5 Å². The van der Waals surface area contributed by atoms with Gasteiger partial charge in [0.05, 0.1) is 11.8 Å². The van der Waals surface area contributed by atoms with Crippen molar-refractivity contribution in [3.8, 4) is 0 Å². The zero-order chi connectivity index (χ0) is 14.7. The second-order valence-corrected chi connectivity index (χ2v) is 6.68. The molecule has 0 aromatic rings. The van der Waals surface area contributed by atoms with Gasteiger partial charge in [0, 0.05) is 19.1 Å². The monoisotopic (exact) mass is 280 g/mol. The number of likely N-dealkylation sites (tertiary alicyclic amines) is 1. The standard InChI is InChI=1S/C16H28N2O2/c1-4-12-7-5-6-8-18(12)16(20)14-9-13(14)15(19)17-10-11(2)3/h11-14H,4-10H2,1-3H3,(H,17,19). The van der Waals surface area contributed by atoms with Crippen LogP contribution < -0.4 is 5.32 Å². The first-order chi connectivity index (χ1) is 9.54. The Hall–Kier alpha value is -1.06. The summed E-state index contributed by atoms with van der Waals surface area (Å²) < 4.78 is 0. The normalized spacial score (nSPS) is 29.4. The summed E-state index contributed by atoms with van der Waals surface area (Å²) in [6.07, 6.45) is 5.24. The summed E-state index contributed by atoms with van der Waals surface area (Å²) in [6, 6.07) is 0.399. The summed E-state index contributed by atoms with van der Waals surface area (Å²) in [4.78, 5) is 26.6. The summed E-state index contributed by atoms with van der Waals surface area (Å²) in [6.45, 7) is 7.90. The highest BCUT2D eigenvalue weighted by atomic mass is 16.2. The molecule has 20 heavy (non-hydrogen) atoms. The Morgan fingerprint density at radius 2 is 2.00 bits per heavy atom.